The van der Waals surface area contributed by atoms with Gasteiger partial charge in [-0.05, 0) is 78.8 Å². The largest absolute Gasteiger partial charge is 0.456 e. The van der Waals surface area contributed by atoms with Crippen LogP contribution in [0.25, 0.3) is 56.1 Å². The number of aromatic nitrogens is 3. The fraction of sp³-hybridized carbons (Fsp3) is 0.263. The molecule has 43 heavy (non-hydrogen) atoms. The number of hydrogen-bond acceptors (Lipinski definition) is 5. The predicted molar refractivity (Wildman–Crippen MR) is 170 cm³/mol. The zero-order valence-electron chi connectivity index (χ0n) is 24.3. The van der Waals surface area contributed by atoms with E-state index in [1.807, 2.05) is 60.7 Å². The Bertz CT molecular complexity index is 2020. The molecule has 1 unspecified atom stereocenters. The van der Waals surface area contributed by atoms with Crippen molar-refractivity contribution in [3.63, 3.8) is 0 Å². The zero-order chi connectivity index (χ0) is 29.0. The van der Waals surface area contributed by atoms with Crippen molar-refractivity contribution in [2.45, 2.75) is 50.9 Å². The van der Waals surface area contributed by atoms with Crippen molar-refractivity contribution < 1.29 is 4.42 Å². The standard InChI is InChI=1S/C38H32N4O/c1-24-18-25-6-5-17-38(21-24,22-25)30-13-10-28(11-14-30)36-40-35(27-7-3-2-4-8-27)41-37(42-36)29-12-16-32-31-15-9-26(23-39)19-33(31)43-34(32)20-29/h2-4,7-16,19-20,24-25H,5-6,17-18,21-22H2,1H3/t24-,25+,38?/m0/s1. The summed E-state index contributed by atoms with van der Waals surface area (Å²) in [5, 5.41) is 11.3. The molecule has 5 nitrogen and oxygen atoms in total. The molecule has 2 fully saturated rings. The maximum Gasteiger partial charge on any atom is 0.164 e. The summed E-state index contributed by atoms with van der Waals surface area (Å²) in [6.07, 6.45) is 8.03. The number of nitrogens with zero attached hydrogens (tertiary/aromatic N) is 4. The Hall–Kier alpha value is -4.82. The first-order chi connectivity index (χ1) is 21.1. The Morgan fingerprint density at radius 3 is 2.14 bits per heavy atom. The maximum absolute atomic E-state index is 9.32. The van der Waals surface area contributed by atoms with Crippen molar-refractivity contribution in [2.75, 3.05) is 0 Å². The maximum atomic E-state index is 9.32. The van der Waals surface area contributed by atoms with Crippen LogP contribution in [0.4, 0.5) is 0 Å². The Morgan fingerprint density at radius 1 is 0.744 bits per heavy atom. The average molecular weight is 561 g/mol. The number of nitriles is 1. The molecule has 2 saturated carbocycles. The van der Waals surface area contributed by atoms with Gasteiger partial charge in [0.1, 0.15) is 11.2 Å². The van der Waals surface area contributed by atoms with Crippen LogP contribution in [0.2, 0.25) is 0 Å². The quantitative estimate of drug-likeness (QED) is 0.215. The van der Waals surface area contributed by atoms with E-state index in [1.54, 1.807) is 6.07 Å². The summed E-state index contributed by atoms with van der Waals surface area (Å²) in [5.41, 5.74) is 6.59. The van der Waals surface area contributed by atoms with E-state index in [1.165, 1.54) is 44.1 Å². The molecule has 0 radical (unpaired) electrons. The lowest BCUT2D eigenvalue weighted by Gasteiger charge is -2.48. The molecule has 210 valence electrons. The van der Waals surface area contributed by atoms with Crippen molar-refractivity contribution in [3.05, 3.63) is 102 Å². The third kappa shape index (κ3) is 4.58. The van der Waals surface area contributed by atoms with Gasteiger partial charge >= 0.3 is 0 Å². The highest BCUT2D eigenvalue weighted by Gasteiger charge is 2.42. The summed E-state index contributed by atoms with van der Waals surface area (Å²) in [6, 6.07) is 33.0. The molecule has 0 amide bonds. The van der Waals surface area contributed by atoms with Gasteiger partial charge in [-0.2, -0.15) is 5.26 Å². The van der Waals surface area contributed by atoms with Crippen LogP contribution in [0.3, 0.4) is 0 Å². The van der Waals surface area contributed by atoms with Gasteiger partial charge in [0.15, 0.2) is 17.5 Å². The van der Waals surface area contributed by atoms with E-state index in [0.717, 1.165) is 44.9 Å². The molecule has 0 aliphatic heterocycles. The van der Waals surface area contributed by atoms with Gasteiger partial charge in [-0.15, -0.1) is 0 Å². The lowest BCUT2D eigenvalue weighted by atomic mass is 9.57. The van der Waals surface area contributed by atoms with Crippen LogP contribution in [0, 0.1) is 23.2 Å². The van der Waals surface area contributed by atoms with Gasteiger partial charge in [0.25, 0.3) is 0 Å². The van der Waals surface area contributed by atoms with E-state index in [9.17, 15) is 5.26 Å². The molecule has 6 aromatic rings. The normalized spacial score (nSPS) is 21.6. The molecule has 0 N–H and O–H groups in total. The lowest BCUT2D eigenvalue weighted by molar-refractivity contribution is 0.110. The summed E-state index contributed by atoms with van der Waals surface area (Å²) in [5.74, 6) is 3.56. The van der Waals surface area contributed by atoms with Gasteiger partial charge in [0.05, 0.1) is 11.6 Å². The number of furan rings is 1. The van der Waals surface area contributed by atoms with Crippen LogP contribution in [-0.2, 0) is 5.41 Å². The second kappa shape index (κ2) is 10.2. The predicted octanol–water partition coefficient (Wildman–Crippen LogP) is 9.50. The number of hydrogen-bond donors (Lipinski definition) is 0. The molecular weight excluding hydrogens is 528 g/mol. The van der Waals surface area contributed by atoms with Gasteiger partial charge in [-0.25, -0.2) is 15.0 Å². The number of fused-ring (bicyclic) bond motifs is 5. The molecule has 5 heteroatoms. The van der Waals surface area contributed by atoms with Crippen LogP contribution in [0.1, 0.15) is 56.6 Å². The topological polar surface area (TPSA) is 75.6 Å². The van der Waals surface area contributed by atoms with Gasteiger partial charge < -0.3 is 4.42 Å². The van der Waals surface area contributed by atoms with Gasteiger partial charge in [-0.1, -0.05) is 80.4 Å². The van der Waals surface area contributed by atoms with Crippen LogP contribution in [0.15, 0.2) is 95.4 Å². The summed E-state index contributed by atoms with van der Waals surface area (Å²) >= 11 is 0. The van der Waals surface area contributed by atoms with Crippen molar-refractivity contribution in [3.8, 4) is 40.2 Å². The summed E-state index contributed by atoms with van der Waals surface area (Å²) in [7, 11) is 0. The monoisotopic (exact) mass is 560 g/mol. The molecule has 0 saturated heterocycles. The van der Waals surface area contributed by atoms with Crippen LogP contribution in [-0.4, -0.2) is 15.0 Å². The molecule has 2 bridgehead atoms. The van der Waals surface area contributed by atoms with E-state index in [2.05, 4.69) is 37.3 Å². The minimum atomic E-state index is 0.314. The van der Waals surface area contributed by atoms with Gasteiger partial charge in [0, 0.05) is 27.5 Å². The van der Waals surface area contributed by atoms with Crippen molar-refractivity contribution in [1.29, 1.82) is 5.26 Å². The molecular formula is C38H32N4O. The van der Waals surface area contributed by atoms with E-state index >= 15 is 0 Å². The third-order valence-corrected chi connectivity index (χ3v) is 9.71. The molecule has 8 rings (SSSR count). The molecule has 2 aliphatic carbocycles. The second-order valence-corrected chi connectivity index (χ2v) is 12.7. The summed E-state index contributed by atoms with van der Waals surface area (Å²) in [6.45, 7) is 2.43. The van der Waals surface area contributed by atoms with Gasteiger partial charge in [0.2, 0.25) is 0 Å². The molecule has 3 atom stereocenters. The highest BCUT2D eigenvalue weighted by atomic mass is 16.3. The third-order valence-electron chi connectivity index (χ3n) is 9.71. The first-order valence-electron chi connectivity index (χ1n) is 15.4. The molecule has 0 spiro atoms. The average Bonchev–Trinajstić information content (AvgIpc) is 3.42. The zero-order valence-corrected chi connectivity index (χ0v) is 24.3. The first-order valence-corrected chi connectivity index (χ1v) is 15.4. The first kappa shape index (κ1) is 25.9. The molecule has 4 aromatic carbocycles. The summed E-state index contributed by atoms with van der Waals surface area (Å²) in [4.78, 5) is 14.9. The molecule has 2 aliphatic rings. The fourth-order valence-electron chi connectivity index (χ4n) is 7.88. The highest BCUT2D eigenvalue weighted by molar-refractivity contribution is 6.06. The lowest BCUT2D eigenvalue weighted by Crippen LogP contribution is -2.39. The van der Waals surface area contributed by atoms with E-state index in [-0.39, 0.29) is 0 Å². The Balaban J connectivity index is 1.21. The minimum Gasteiger partial charge on any atom is -0.456 e. The SMILES string of the molecule is C[C@H]1C[C@H]2CCCC(c3ccc(-c4nc(-c5ccccc5)nc(-c5ccc6c(c5)oc5cc(C#N)ccc56)n4)cc3)(C1)C2. The van der Waals surface area contributed by atoms with Crippen molar-refractivity contribution in [1.82, 2.24) is 15.0 Å². The Kier molecular flexibility index (Phi) is 6.11. The smallest absolute Gasteiger partial charge is 0.164 e. The van der Waals surface area contributed by atoms with Crippen molar-refractivity contribution >= 4 is 21.9 Å². The number of benzene rings is 4. The van der Waals surface area contributed by atoms with Crippen molar-refractivity contribution in [2.24, 2.45) is 11.8 Å². The fourth-order valence-corrected chi connectivity index (χ4v) is 7.88. The Morgan fingerprint density at radius 2 is 1.40 bits per heavy atom. The number of rotatable bonds is 4. The van der Waals surface area contributed by atoms with Crippen LogP contribution in [0.5, 0.6) is 0 Å². The van der Waals surface area contributed by atoms with Crippen LogP contribution >= 0.6 is 0 Å². The summed E-state index contributed by atoms with van der Waals surface area (Å²) < 4.78 is 6.18. The highest BCUT2D eigenvalue weighted by Crippen LogP contribution is 2.52. The van der Waals surface area contributed by atoms with E-state index < -0.39 is 0 Å². The van der Waals surface area contributed by atoms with Gasteiger partial charge in [-0.3, -0.25) is 0 Å². The molecule has 2 heterocycles. The second-order valence-electron chi connectivity index (χ2n) is 12.7. The van der Waals surface area contributed by atoms with E-state index in [4.69, 9.17) is 19.4 Å². The molecule has 2 aromatic heterocycles. The van der Waals surface area contributed by atoms with Crippen LogP contribution < -0.4 is 0 Å². The Labute approximate surface area is 251 Å². The van der Waals surface area contributed by atoms with E-state index in [0.29, 0.717) is 34.0 Å². The minimum absolute atomic E-state index is 0.314.